The molecule has 5 atom stereocenters. The number of guanidine groups is 1. The first-order valence-electron chi connectivity index (χ1n) is 19.9. The van der Waals surface area contributed by atoms with Gasteiger partial charge in [0.05, 0.1) is 12.4 Å². The maximum Gasteiger partial charge on any atom is 0.243 e. The first-order valence-corrected chi connectivity index (χ1v) is 19.9. The van der Waals surface area contributed by atoms with Crippen LogP contribution in [0.15, 0.2) is 78.2 Å². The van der Waals surface area contributed by atoms with Crippen molar-refractivity contribution in [1.29, 1.82) is 0 Å². The van der Waals surface area contributed by atoms with Crippen LogP contribution in [-0.2, 0) is 43.5 Å². The number of nitrogens with two attached hydrogens (primary N) is 3. The van der Waals surface area contributed by atoms with Gasteiger partial charge in [0.1, 0.15) is 24.2 Å². The van der Waals surface area contributed by atoms with Crippen molar-refractivity contribution in [2.45, 2.75) is 109 Å². The van der Waals surface area contributed by atoms with Gasteiger partial charge in [-0.05, 0) is 69.0 Å². The molecule has 1 aromatic heterocycles. The number of amides is 5. The van der Waals surface area contributed by atoms with Crippen LogP contribution < -0.4 is 49.1 Å². The lowest BCUT2D eigenvalue weighted by molar-refractivity contribution is -0.135. The summed E-state index contributed by atoms with van der Waals surface area (Å²) in [6, 6.07) is 14.2. The van der Waals surface area contributed by atoms with Crippen molar-refractivity contribution in [1.82, 2.24) is 41.9 Å². The molecule has 17 heteroatoms. The topological polar surface area (TPSA) is 277 Å². The molecule has 0 aliphatic rings. The second-order valence-corrected chi connectivity index (χ2v) is 14.7. The molecule has 0 spiro atoms. The fourth-order valence-corrected chi connectivity index (χ4v) is 6.04. The Morgan fingerprint density at radius 1 is 0.690 bits per heavy atom. The van der Waals surface area contributed by atoms with E-state index in [2.05, 4.69) is 46.9 Å². The summed E-state index contributed by atoms with van der Waals surface area (Å²) in [5.41, 5.74) is 19.2. The molecule has 0 aliphatic heterocycles. The molecule has 1 heterocycles. The summed E-state index contributed by atoms with van der Waals surface area (Å²) < 4.78 is 0. The molecule has 0 bridgehead atoms. The van der Waals surface area contributed by atoms with Crippen molar-refractivity contribution in [3.8, 4) is 0 Å². The Balaban J connectivity index is 1.78. The summed E-state index contributed by atoms with van der Waals surface area (Å²) in [5.74, 6) is -2.62. The fourth-order valence-electron chi connectivity index (χ4n) is 6.04. The van der Waals surface area contributed by atoms with Gasteiger partial charge in [0, 0.05) is 37.9 Å². The fraction of sp³-hybridized carbons (Fsp3) is 0.488. The van der Waals surface area contributed by atoms with E-state index in [1.165, 1.54) is 12.5 Å². The number of carbonyl (C=O) groups excluding carboxylic acids is 5. The predicted octanol–water partition coefficient (Wildman–Crippen LogP) is 0.615. The van der Waals surface area contributed by atoms with E-state index in [4.69, 9.17) is 17.2 Å². The Labute approximate surface area is 340 Å². The number of carbonyl (C=O) groups is 5. The molecule has 3 aromatic rings. The number of aromatic nitrogens is 2. The van der Waals surface area contributed by atoms with Gasteiger partial charge in [0.25, 0.3) is 0 Å². The van der Waals surface area contributed by atoms with Crippen molar-refractivity contribution >= 4 is 35.5 Å². The van der Waals surface area contributed by atoms with Gasteiger partial charge in [0.15, 0.2) is 5.96 Å². The van der Waals surface area contributed by atoms with Crippen molar-refractivity contribution < 1.29 is 24.0 Å². The number of imidazole rings is 1. The zero-order valence-electron chi connectivity index (χ0n) is 33.8. The minimum atomic E-state index is -1.17. The number of rotatable bonds is 26. The number of aliphatic imine (C=N–C) groups is 1. The highest BCUT2D eigenvalue weighted by Crippen LogP contribution is 2.10. The molecule has 316 valence electrons. The number of unbranched alkanes of at least 4 members (excludes halogenated alkanes) is 1. The number of nitrogens with zero attached hydrogens (tertiary/aromatic N) is 2. The maximum absolute atomic E-state index is 14.1. The standard InChI is InChI=1S/C41H62N12O5/c1-27(2)21-34(52-36(54)28(3)47-23-29-13-6-4-7-14-29)39(57)51-33(17-10-11-19-42)38(56)53-35(22-31-25-45-26-49-31)40(58)50-32(18-12-20-46-41(43)44)37(55)48-24-30-15-8-5-9-16-30/h4-9,13-16,25-28,32-35,47H,10-12,17-24,42H2,1-3H3,(H,45,49)(H,48,55)(H,50,58)(H,51,57)(H,52,54)(H,53,56)(H4,43,44,46)/t28-,32-,33-,34-,35-/m0/s1. The quantitative estimate of drug-likeness (QED) is 0.0307. The minimum Gasteiger partial charge on any atom is -0.370 e. The Morgan fingerprint density at radius 3 is 1.83 bits per heavy atom. The third kappa shape index (κ3) is 17.5. The molecule has 17 nitrogen and oxygen atoms in total. The van der Waals surface area contributed by atoms with Crippen LogP contribution in [0.1, 0.15) is 76.1 Å². The van der Waals surface area contributed by atoms with Crippen LogP contribution in [0.3, 0.4) is 0 Å². The van der Waals surface area contributed by atoms with Crippen LogP contribution in [0.2, 0.25) is 0 Å². The monoisotopic (exact) mass is 802 g/mol. The molecule has 0 fully saturated rings. The lowest BCUT2D eigenvalue weighted by Crippen LogP contribution is -2.59. The summed E-state index contributed by atoms with van der Waals surface area (Å²) in [4.78, 5) is 79.7. The van der Waals surface area contributed by atoms with E-state index in [1.54, 1.807) is 6.92 Å². The van der Waals surface area contributed by atoms with Gasteiger partial charge in [-0.3, -0.25) is 29.0 Å². The first-order chi connectivity index (χ1) is 27.9. The van der Waals surface area contributed by atoms with Gasteiger partial charge in [-0.2, -0.15) is 0 Å². The van der Waals surface area contributed by atoms with Crippen LogP contribution in [0.25, 0.3) is 0 Å². The summed E-state index contributed by atoms with van der Waals surface area (Å²) >= 11 is 0. The van der Waals surface area contributed by atoms with Crippen LogP contribution in [0.4, 0.5) is 0 Å². The number of nitrogens with one attached hydrogen (secondary N) is 7. The highest BCUT2D eigenvalue weighted by molar-refractivity contribution is 5.96. The zero-order valence-corrected chi connectivity index (χ0v) is 33.8. The van der Waals surface area contributed by atoms with Crippen LogP contribution >= 0.6 is 0 Å². The zero-order chi connectivity index (χ0) is 42.3. The van der Waals surface area contributed by atoms with Gasteiger partial charge in [-0.1, -0.05) is 74.5 Å². The third-order valence-corrected chi connectivity index (χ3v) is 9.27. The maximum atomic E-state index is 14.1. The third-order valence-electron chi connectivity index (χ3n) is 9.27. The molecule has 2 aromatic carbocycles. The Kier molecular flexibility index (Phi) is 20.4. The van der Waals surface area contributed by atoms with E-state index < -0.39 is 53.8 Å². The summed E-state index contributed by atoms with van der Waals surface area (Å²) in [7, 11) is 0. The molecule has 58 heavy (non-hydrogen) atoms. The van der Waals surface area contributed by atoms with Crippen molar-refractivity contribution in [2.75, 3.05) is 13.1 Å². The molecular weight excluding hydrogens is 741 g/mol. The molecule has 3 rings (SSSR count). The van der Waals surface area contributed by atoms with Gasteiger partial charge < -0.3 is 54.1 Å². The highest BCUT2D eigenvalue weighted by Gasteiger charge is 2.32. The van der Waals surface area contributed by atoms with Gasteiger partial charge in [0.2, 0.25) is 29.5 Å². The van der Waals surface area contributed by atoms with Gasteiger partial charge in [-0.25, -0.2) is 4.98 Å². The smallest absolute Gasteiger partial charge is 0.243 e. The molecule has 0 saturated heterocycles. The Hall–Kier alpha value is -5.81. The van der Waals surface area contributed by atoms with E-state index in [9.17, 15) is 24.0 Å². The second kappa shape index (κ2) is 25.4. The molecule has 0 radical (unpaired) electrons. The van der Waals surface area contributed by atoms with Crippen LogP contribution in [0.5, 0.6) is 0 Å². The van der Waals surface area contributed by atoms with Gasteiger partial charge in [-0.15, -0.1) is 0 Å². The molecule has 0 aliphatic carbocycles. The lowest BCUT2D eigenvalue weighted by Gasteiger charge is -2.27. The van der Waals surface area contributed by atoms with E-state index in [0.29, 0.717) is 44.5 Å². The predicted molar refractivity (Wildman–Crippen MR) is 223 cm³/mol. The second-order valence-electron chi connectivity index (χ2n) is 14.7. The molecular formula is C41H62N12O5. The summed E-state index contributed by atoms with van der Waals surface area (Å²) in [6.45, 7) is 6.90. The van der Waals surface area contributed by atoms with Crippen molar-refractivity contribution in [2.24, 2.45) is 28.1 Å². The van der Waals surface area contributed by atoms with Gasteiger partial charge >= 0.3 is 0 Å². The average molecular weight is 803 g/mol. The Morgan fingerprint density at radius 2 is 1.24 bits per heavy atom. The average Bonchev–Trinajstić information content (AvgIpc) is 3.73. The molecule has 13 N–H and O–H groups in total. The minimum absolute atomic E-state index is 0.00724. The number of aromatic amines is 1. The number of benzene rings is 2. The first kappa shape index (κ1) is 46.6. The SMILES string of the molecule is CC(C)C[C@H](NC(=O)[C@H](C)NCc1ccccc1)C(=O)N[C@@H](CCCCN)C(=O)N[C@@H](Cc1cnc[nH]1)C(=O)N[C@@H](CCCN=C(N)N)C(=O)NCc1ccccc1. The molecule has 0 unspecified atom stereocenters. The normalized spacial score (nSPS) is 13.6. The van der Waals surface area contributed by atoms with E-state index in [1.807, 2.05) is 74.5 Å². The number of H-pyrrole nitrogens is 1. The van der Waals surface area contributed by atoms with Crippen molar-refractivity contribution in [3.05, 3.63) is 90.0 Å². The van der Waals surface area contributed by atoms with E-state index in [0.717, 1.165) is 11.1 Å². The number of hydrogen-bond donors (Lipinski definition) is 10. The molecule has 5 amide bonds. The molecule has 0 saturated carbocycles. The van der Waals surface area contributed by atoms with E-state index >= 15 is 0 Å². The number of hydrogen-bond acceptors (Lipinski definition) is 9. The highest BCUT2D eigenvalue weighted by atomic mass is 16.2. The van der Waals surface area contributed by atoms with E-state index in [-0.39, 0.29) is 50.1 Å². The van der Waals surface area contributed by atoms with Crippen molar-refractivity contribution in [3.63, 3.8) is 0 Å². The van der Waals surface area contributed by atoms with Crippen LogP contribution in [-0.4, -0.2) is 88.8 Å². The Bertz CT molecular complexity index is 1720. The summed E-state index contributed by atoms with van der Waals surface area (Å²) in [5, 5.41) is 17.4. The van der Waals surface area contributed by atoms with Crippen LogP contribution in [0, 0.1) is 5.92 Å². The summed E-state index contributed by atoms with van der Waals surface area (Å²) in [6.07, 6.45) is 5.21. The lowest BCUT2D eigenvalue weighted by atomic mass is 10.0. The largest absolute Gasteiger partial charge is 0.370 e.